The molecule has 1 saturated heterocycles. The van der Waals surface area contributed by atoms with Crippen LogP contribution in [-0.2, 0) is 0 Å². The Labute approximate surface area is 131 Å². The van der Waals surface area contributed by atoms with Crippen LogP contribution in [0.3, 0.4) is 0 Å². The largest absolute Gasteiger partial charge is 0.324 e. The van der Waals surface area contributed by atoms with Crippen LogP contribution in [0, 0.1) is 6.92 Å². The molecule has 0 amide bonds. The van der Waals surface area contributed by atoms with Crippen molar-refractivity contribution in [2.45, 2.75) is 51.1 Å². The van der Waals surface area contributed by atoms with Crippen molar-refractivity contribution in [3.63, 3.8) is 0 Å². The first-order valence-electron chi connectivity index (χ1n) is 7.80. The predicted octanol–water partition coefficient (Wildman–Crippen LogP) is 4.30. The molecule has 1 aromatic carbocycles. The maximum atomic E-state index is 6.41. The van der Waals surface area contributed by atoms with Gasteiger partial charge in [-0.25, -0.2) is 4.98 Å². The van der Waals surface area contributed by atoms with Gasteiger partial charge in [-0.3, -0.25) is 0 Å². The van der Waals surface area contributed by atoms with Gasteiger partial charge in [0.15, 0.2) is 0 Å². The summed E-state index contributed by atoms with van der Waals surface area (Å²) in [5.41, 5.74) is 3.58. The number of likely N-dealkylation sites (tertiary alicyclic amines) is 1. The van der Waals surface area contributed by atoms with Crippen molar-refractivity contribution < 1.29 is 0 Å². The second-order valence-electron chi connectivity index (χ2n) is 6.46. The Bertz CT molecular complexity index is 647. The summed E-state index contributed by atoms with van der Waals surface area (Å²) >= 11 is 6.41. The van der Waals surface area contributed by atoms with Crippen molar-refractivity contribution >= 4 is 22.6 Å². The molecule has 1 aromatic heterocycles. The van der Waals surface area contributed by atoms with Gasteiger partial charge in [-0.1, -0.05) is 6.07 Å². The van der Waals surface area contributed by atoms with Gasteiger partial charge in [0, 0.05) is 18.6 Å². The third kappa shape index (κ3) is 2.69. The summed E-state index contributed by atoms with van der Waals surface area (Å²) in [5.74, 6) is 1.01. The molecule has 21 heavy (non-hydrogen) atoms. The Kier molecular flexibility index (Phi) is 3.98. The molecule has 3 nitrogen and oxygen atoms in total. The highest BCUT2D eigenvalue weighted by Crippen LogP contribution is 2.34. The summed E-state index contributed by atoms with van der Waals surface area (Å²) in [6, 6.07) is 7.58. The number of aryl methyl sites for hydroxylation is 1. The highest BCUT2D eigenvalue weighted by molar-refractivity contribution is 6.20. The van der Waals surface area contributed by atoms with Gasteiger partial charge < -0.3 is 9.47 Å². The van der Waals surface area contributed by atoms with E-state index in [4.69, 9.17) is 16.6 Å². The van der Waals surface area contributed by atoms with E-state index in [0.29, 0.717) is 12.1 Å². The number of alkyl halides is 1. The van der Waals surface area contributed by atoms with Gasteiger partial charge in [0.05, 0.1) is 16.4 Å². The number of hydrogen-bond donors (Lipinski definition) is 0. The second kappa shape index (κ2) is 5.62. The third-order valence-electron chi connectivity index (χ3n) is 4.77. The van der Waals surface area contributed by atoms with Crippen LogP contribution >= 0.6 is 11.6 Å². The van der Waals surface area contributed by atoms with Crippen LogP contribution in [0.15, 0.2) is 18.2 Å². The molecule has 0 spiro atoms. The summed E-state index contributed by atoms with van der Waals surface area (Å²) in [6.45, 7) is 7.59. The highest BCUT2D eigenvalue weighted by Gasteiger charge is 2.28. The average molecular weight is 306 g/mol. The van der Waals surface area contributed by atoms with Gasteiger partial charge in [0.2, 0.25) is 0 Å². The molecule has 2 aromatic rings. The lowest BCUT2D eigenvalue weighted by Crippen LogP contribution is -2.38. The average Bonchev–Trinajstić information content (AvgIpc) is 2.80. The normalized spacial score (nSPS) is 25.4. The summed E-state index contributed by atoms with van der Waals surface area (Å²) in [7, 11) is 2.21. The van der Waals surface area contributed by atoms with Crippen LogP contribution < -0.4 is 0 Å². The molecular weight excluding hydrogens is 282 g/mol. The highest BCUT2D eigenvalue weighted by atomic mass is 35.5. The first kappa shape index (κ1) is 14.9. The van der Waals surface area contributed by atoms with E-state index in [2.05, 4.69) is 48.6 Å². The number of imidazole rings is 1. The van der Waals surface area contributed by atoms with Crippen LogP contribution in [0.2, 0.25) is 0 Å². The quantitative estimate of drug-likeness (QED) is 0.771. The maximum Gasteiger partial charge on any atom is 0.127 e. The molecular formula is C17H24ClN3. The van der Waals surface area contributed by atoms with Crippen LogP contribution in [0.1, 0.15) is 49.5 Å². The molecule has 1 aliphatic rings. The number of hydrogen-bond acceptors (Lipinski definition) is 2. The molecule has 0 radical (unpaired) electrons. The molecule has 1 aliphatic heterocycles. The Morgan fingerprint density at radius 1 is 1.38 bits per heavy atom. The molecule has 2 heterocycles. The SMILES string of the molecule is Cc1ccc2nc(C(C)Cl)n(C3CCN(C)C(C)C3)c2c1. The van der Waals surface area contributed by atoms with E-state index >= 15 is 0 Å². The number of benzene rings is 1. The number of aromatic nitrogens is 2. The second-order valence-corrected chi connectivity index (χ2v) is 7.11. The zero-order valence-electron chi connectivity index (χ0n) is 13.3. The minimum Gasteiger partial charge on any atom is -0.324 e. The van der Waals surface area contributed by atoms with Crippen molar-refractivity contribution in [3.8, 4) is 0 Å². The number of nitrogens with zero attached hydrogens (tertiary/aromatic N) is 3. The summed E-state index contributed by atoms with van der Waals surface area (Å²) < 4.78 is 2.41. The Hall–Kier alpha value is -1.06. The standard InChI is InChI=1S/C17H24ClN3/c1-11-5-6-15-16(9-11)21(17(19-15)13(3)18)14-7-8-20(4)12(2)10-14/h5-6,9,12-14H,7-8,10H2,1-4H3. The molecule has 1 fully saturated rings. The van der Waals surface area contributed by atoms with Crippen LogP contribution in [0.4, 0.5) is 0 Å². The fraction of sp³-hybridized carbons (Fsp3) is 0.588. The predicted molar refractivity (Wildman–Crippen MR) is 89.1 cm³/mol. The van der Waals surface area contributed by atoms with Gasteiger partial charge in [0.1, 0.15) is 5.82 Å². The molecule has 4 heteroatoms. The van der Waals surface area contributed by atoms with E-state index in [1.165, 1.54) is 11.1 Å². The van der Waals surface area contributed by atoms with Gasteiger partial charge >= 0.3 is 0 Å². The monoisotopic (exact) mass is 305 g/mol. The first-order chi connectivity index (χ1) is 9.97. The summed E-state index contributed by atoms with van der Waals surface area (Å²) in [5, 5.41) is -0.0623. The number of piperidine rings is 1. The van der Waals surface area contributed by atoms with Crippen molar-refractivity contribution in [2.24, 2.45) is 0 Å². The first-order valence-corrected chi connectivity index (χ1v) is 8.24. The zero-order chi connectivity index (χ0) is 15.1. The van der Waals surface area contributed by atoms with Crippen LogP contribution in [0.5, 0.6) is 0 Å². The van der Waals surface area contributed by atoms with Crippen molar-refractivity contribution in [1.29, 1.82) is 0 Å². The molecule has 0 saturated carbocycles. The Morgan fingerprint density at radius 2 is 2.14 bits per heavy atom. The number of halogens is 1. The fourth-order valence-electron chi connectivity index (χ4n) is 3.39. The van der Waals surface area contributed by atoms with Crippen molar-refractivity contribution in [3.05, 3.63) is 29.6 Å². The van der Waals surface area contributed by atoms with E-state index in [1.54, 1.807) is 0 Å². The summed E-state index contributed by atoms with van der Waals surface area (Å²) in [6.07, 6.45) is 2.32. The van der Waals surface area contributed by atoms with Crippen LogP contribution in [-0.4, -0.2) is 34.1 Å². The molecule has 114 valence electrons. The number of fused-ring (bicyclic) bond motifs is 1. The molecule has 0 N–H and O–H groups in total. The molecule has 3 atom stereocenters. The minimum absolute atomic E-state index is 0.0623. The number of rotatable bonds is 2. The van der Waals surface area contributed by atoms with Gasteiger partial charge in [-0.2, -0.15) is 0 Å². The molecule has 3 unspecified atom stereocenters. The topological polar surface area (TPSA) is 21.1 Å². The Balaban J connectivity index is 2.10. The molecule has 0 aliphatic carbocycles. The van der Waals surface area contributed by atoms with E-state index in [0.717, 1.165) is 30.7 Å². The van der Waals surface area contributed by atoms with Crippen LogP contribution in [0.25, 0.3) is 11.0 Å². The lowest BCUT2D eigenvalue weighted by Gasteiger charge is -2.36. The van der Waals surface area contributed by atoms with Crippen molar-refractivity contribution in [1.82, 2.24) is 14.5 Å². The van der Waals surface area contributed by atoms with Gasteiger partial charge in [0.25, 0.3) is 0 Å². The molecule has 3 rings (SSSR count). The van der Waals surface area contributed by atoms with E-state index in [9.17, 15) is 0 Å². The van der Waals surface area contributed by atoms with E-state index in [-0.39, 0.29) is 5.38 Å². The fourth-order valence-corrected chi connectivity index (χ4v) is 3.54. The maximum absolute atomic E-state index is 6.41. The van der Waals surface area contributed by atoms with Gasteiger partial charge in [-0.15, -0.1) is 11.6 Å². The van der Waals surface area contributed by atoms with Gasteiger partial charge in [-0.05, 0) is 58.4 Å². The zero-order valence-corrected chi connectivity index (χ0v) is 14.1. The third-order valence-corrected chi connectivity index (χ3v) is 4.97. The lowest BCUT2D eigenvalue weighted by atomic mass is 9.98. The minimum atomic E-state index is -0.0623. The smallest absolute Gasteiger partial charge is 0.127 e. The Morgan fingerprint density at radius 3 is 2.81 bits per heavy atom. The van der Waals surface area contributed by atoms with Crippen molar-refractivity contribution in [2.75, 3.05) is 13.6 Å². The van der Waals surface area contributed by atoms with E-state index in [1.807, 2.05) is 6.92 Å². The molecule has 0 bridgehead atoms. The van der Waals surface area contributed by atoms with E-state index < -0.39 is 0 Å². The lowest BCUT2D eigenvalue weighted by molar-refractivity contribution is 0.157. The summed E-state index contributed by atoms with van der Waals surface area (Å²) in [4.78, 5) is 7.23.